The predicted octanol–water partition coefficient (Wildman–Crippen LogP) is 4.59. The average Bonchev–Trinajstić information content (AvgIpc) is 2.60. The molecule has 0 fully saturated rings. The van der Waals surface area contributed by atoms with Crippen molar-refractivity contribution >= 4 is 50.8 Å². The fourth-order valence-corrected chi connectivity index (χ4v) is 2.75. The molecule has 0 aliphatic rings. The molecule has 0 atom stereocenters. The number of para-hydroxylation sites is 3. The molecule has 4 nitrogen and oxygen atoms in total. The van der Waals surface area contributed by atoms with Crippen molar-refractivity contribution in [1.82, 2.24) is 9.97 Å². The SMILES string of the molecule is S=C(Nc1ccccc1)Nc1ccc2nc3ccccc3nc2c1. The van der Waals surface area contributed by atoms with Crippen molar-refractivity contribution in [2.75, 3.05) is 10.6 Å². The minimum atomic E-state index is 0.536. The molecule has 1 aromatic heterocycles. The highest BCUT2D eigenvalue weighted by Gasteiger charge is 2.04. The first-order valence-corrected chi connectivity index (χ1v) is 7.98. The van der Waals surface area contributed by atoms with Gasteiger partial charge >= 0.3 is 0 Å². The molecule has 4 rings (SSSR count). The van der Waals surface area contributed by atoms with Crippen LogP contribution in [0.2, 0.25) is 0 Å². The van der Waals surface area contributed by atoms with E-state index < -0.39 is 0 Å². The van der Waals surface area contributed by atoms with E-state index in [2.05, 4.69) is 20.6 Å². The molecule has 116 valence electrons. The summed E-state index contributed by atoms with van der Waals surface area (Å²) in [4.78, 5) is 9.29. The van der Waals surface area contributed by atoms with Crippen molar-refractivity contribution < 1.29 is 0 Å². The van der Waals surface area contributed by atoms with Crippen molar-refractivity contribution in [3.05, 3.63) is 72.8 Å². The zero-order valence-corrected chi connectivity index (χ0v) is 13.5. The van der Waals surface area contributed by atoms with Gasteiger partial charge in [-0.1, -0.05) is 30.3 Å². The number of hydrogen-bond acceptors (Lipinski definition) is 3. The third-order valence-electron chi connectivity index (χ3n) is 3.63. The molecule has 24 heavy (non-hydrogen) atoms. The maximum absolute atomic E-state index is 5.36. The summed E-state index contributed by atoms with van der Waals surface area (Å²) < 4.78 is 0. The molecule has 0 radical (unpaired) electrons. The molecule has 0 saturated carbocycles. The van der Waals surface area contributed by atoms with Crippen LogP contribution in [0.5, 0.6) is 0 Å². The quantitative estimate of drug-likeness (QED) is 0.416. The fourth-order valence-electron chi connectivity index (χ4n) is 2.51. The van der Waals surface area contributed by atoms with Crippen LogP contribution in [0.1, 0.15) is 0 Å². The van der Waals surface area contributed by atoms with Gasteiger partial charge in [0, 0.05) is 11.4 Å². The second-order valence-corrected chi connectivity index (χ2v) is 5.77. The third kappa shape index (κ3) is 3.02. The van der Waals surface area contributed by atoms with Crippen molar-refractivity contribution in [1.29, 1.82) is 0 Å². The van der Waals surface area contributed by atoms with E-state index in [0.29, 0.717) is 5.11 Å². The molecule has 4 aromatic rings. The second kappa shape index (κ2) is 6.22. The Bertz CT molecular complexity index is 1030. The topological polar surface area (TPSA) is 49.8 Å². The van der Waals surface area contributed by atoms with Crippen molar-refractivity contribution in [3.63, 3.8) is 0 Å². The van der Waals surface area contributed by atoms with E-state index in [4.69, 9.17) is 12.2 Å². The lowest BCUT2D eigenvalue weighted by atomic mass is 10.2. The number of anilines is 2. The number of rotatable bonds is 2. The van der Waals surface area contributed by atoms with Gasteiger partial charge in [-0.2, -0.15) is 0 Å². The highest BCUT2D eigenvalue weighted by molar-refractivity contribution is 7.80. The number of benzene rings is 3. The van der Waals surface area contributed by atoms with Crippen LogP contribution in [0.15, 0.2) is 72.8 Å². The van der Waals surface area contributed by atoms with E-state index in [1.54, 1.807) is 0 Å². The largest absolute Gasteiger partial charge is 0.332 e. The van der Waals surface area contributed by atoms with Crippen molar-refractivity contribution in [2.45, 2.75) is 0 Å². The lowest BCUT2D eigenvalue weighted by Crippen LogP contribution is -2.18. The van der Waals surface area contributed by atoms with Crippen LogP contribution >= 0.6 is 12.2 Å². The second-order valence-electron chi connectivity index (χ2n) is 5.36. The minimum absolute atomic E-state index is 0.536. The molecule has 0 bridgehead atoms. The number of aromatic nitrogens is 2. The Kier molecular flexibility index (Phi) is 3.76. The zero-order chi connectivity index (χ0) is 16.4. The van der Waals surface area contributed by atoms with E-state index in [-0.39, 0.29) is 0 Å². The smallest absolute Gasteiger partial charge is 0.175 e. The third-order valence-corrected chi connectivity index (χ3v) is 3.83. The Labute approximate surface area is 144 Å². The van der Waals surface area contributed by atoms with Gasteiger partial charge in [0.1, 0.15) is 0 Å². The van der Waals surface area contributed by atoms with Gasteiger partial charge in [0.2, 0.25) is 0 Å². The molecule has 0 saturated heterocycles. The van der Waals surface area contributed by atoms with E-state index in [1.165, 1.54) is 0 Å². The Morgan fingerprint density at radius 2 is 1.21 bits per heavy atom. The summed E-state index contributed by atoms with van der Waals surface area (Å²) in [5.74, 6) is 0. The van der Waals surface area contributed by atoms with Gasteiger partial charge in [0.05, 0.1) is 22.1 Å². The lowest BCUT2D eigenvalue weighted by molar-refractivity contribution is 1.39. The number of hydrogen-bond donors (Lipinski definition) is 2. The highest BCUT2D eigenvalue weighted by Crippen LogP contribution is 2.20. The summed E-state index contributed by atoms with van der Waals surface area (Å²) in [5.41, 5.74) is 5.29. The summed E-state index contributed by atoms with van der Waals surface area (Å²) in [5, 5.41) is 6.87. The van der Waals surface area contributed by atoms with Gasteiger partial charge in [-0.25, -0.2) is 9.97 Å². The summed E-state index contributed by atoms with van der Waals surface area (Å²) >= 11 is 5.36. The van der Waals surface area contributed by atoms with Crippen LogP contribution in [0.3, 0.4) is 0 Å². The molecule has 0 unspecified atom stereocenters. The van der Waals surface area contributed by atoms with Crippen LogP contribution in [-0.4, -0.2) is 15.1 Å². The Balaban J connectivity index is 1.60. The number of nitrogens with zero attached hydrogens (tertiary/aromatic N) is 2. The van der Waals surface area contributed by atoms with E-state index in [0.717, 1.165) is 33.4 Å². The van der Waals surface area contributed by atoms with E-state index >= 15 is 0 Å². The van der Waals surface area contributed by atoms with Gasteiger partial charge in [0.25, 0.3) is 0 Å². The zero-order valence-electron chi connectivity index (χ0n) is 12.7. The first kappa shape index (κ1) is 14.5. The van der Waals surface area contributed by atoms with Crippen LogP contribution in [0.4, 0.5) is 11.4 Å². The number of fused-ring (bicyclic) bond motifs is 2. The Hall–Kier alpha value is -3.05. The van der Waals surface area contributed by atoms with Crippen LogP contribution in [0, 0.1) is 0 Å². The summed E-state index contributed by atoms with van der Waals surface area (Å²) in [7, 11) is 0. The highest BCUT2D eigenvalue weighted by atomic mass is 32.1. The molecular formula is C19H14N4S. The molecule has 0 aliphatic carbocycles. The summed E-state index contributed by atoms with van der Waals surface area (Å²) in [6.07, 6.45) is 0. The van der Waals surface area contributed by atoms with Gasteiger partial charge in [-0.15, -0.1) is 0 Å². The minimum Gasteiger partial charge on any atom is -0.332 e. The van der Waals surface area contributed by atoms with Gasteiger partial charge in [-0.3, -0.25) is 0 Å². The van der Waals surface area contributed by atoms with Gasteiger partial charge in [-0.05, 0) is 54.7 Å². The van der Waals surface area contributed by atoms with Crippen molar-refractivity contribution in [3.8, 4) is 0 Å². The lowest BCUT2D eigenvalue weighted by Gasteiger charge is -2.11. The molecule has 1 heterocycles. The maximum atomic E-state index is 5.36. The monoisotopic (exact) mass is 330 g/mol. The molecular weight excluding hydrogens is 316 g/mol. The molecule has 0 aliphatic heterocycles. The molecule has 3 aromatic carbocycles. The van der Waals surface area contributed by atoms with Crippen LogP contribution in [0.25, 0.3) is 22.1 Å². The predicted molar refractivity (Wildman–Crippen MR) is 103 cm³/mol. The maximum Gasteiger partial charge on any atom is 0.175 e. The molecule has 0 spiro atoms. The first-order valence-electron chi connectivity index (χ1n) is 7.57. The fraction of sp³-hybridized carbons (Fsp3) is 0. The van der Waals surface area contributed by atoms with Gasteiger partial charge in [0.15, 0.2) is 5.11 Å². The first-order chi connectivity index (χ1) is 11.8. The van der Waals surface area contributed by atoms with Crippen LogP contribution in [-0.2, 0) is 0 Å². The summed E-state index contributed by atoms with van der Waals surface area (Å²) in [6.45, 7) is 0. The van der Waals surface area contributed by atoms with Crippen LogP contribution < -0.4 is 10.6 Å². The molecule has 5 heteroatoms. The Morgan fingerprint density at radius 3 is 1.96 bits per heavy atom. The van der Waals surface area contributed by atoms with Gasteiger partial charge < -0.3 is 10.6 Å². The molecule has 2 N–H and O–H groups in total. The number of thiocarbonyl (C=S) groups is 1. The summed E-state index contributed by atoms with van der Waals surface area (Å²) in [6, 6.07) is 23.5. The average molecular weight is 330 g/mol. The standard InChI is InChI=1S/C19H14N4S/c24-19(20-13-6-2-1-3-7-13)21-14-10-11-17-18(12-14)23-16-9-5-4-8-15(16)22-17/h1-12H,(H2,20,21,24). The molecule has 0 amide bonds. The van der Waals surface area contributed by atoms with E-state index in [9.17, 15) is 0 Å². The normalized spacial score (nSPS) is 10.7. The Morgan fingerprint density at radius 1 is 0.625 bits per heavy atom. The van der Waals surface area contributed by atoms with Crippen molar-refractivity contribution in [2.24, 2.45) is 0 Å². The van der Waals surface area contributed by atoms with E-state index in [1.807, 2.05) is 72.8 Å². The number of nitrogens with one attached hydrogen (secondary N) is 2.